The smallest absolute Gasteiger partial charge is 0.127 e. The molecule has 0 saturated heterocycles. The van der Waals surface area contributed by atoms with E-state index in [0.29, 0.717) is 11.5 Å². The number of aliphatic hydroxyl groups excluding tert-OH is 2. The number of benzene rings is 9. The Morgan fingerprint density at radius 2 is 0.667 bits per heavy atom. The molecule has 0 spiro atoms. The first-order valence-electron chi connectivity index (χ1n) is 30.8. The first-order chi connectivity index (χ1) is 42.1. The fourth-order valence-corrected chi connectivity index (χ4v) is 11.8. The lowest BCUT2D eigenvalue weighted by atomic mass is 9.78. The molecule has 6 nitrogen and oxygen atoms in total. The van der Waals surface area contributed by atoms with Gasteiger partial charge in [0.25, 0.3) is 0 Å². The zero-order valence-corrected chi connectivity index (χ0v) is 52.0. The van der Waals surface area contributed by atoms with Gasteiger partial charge in [-0.1, -0.05) is 287 Å². The van der Waals surface area contributed by atoms with Crippen molar-refractivity contribution < 1.29 is 29.2 Å². The van der Waals surface area contributed by atoms with Crippen molar-refractivity contribution in [3.05, 3.63) is 334 Å². The third-order valence-corrected chi connectivity index (χ3v) is 17.6. The average molecular weight is 1160 g/mol. The largest absolute Gasteiger partial charge is 0.491 e. The minimum Gasteiger partial charge on any atom is -0.491 e. The minimum atomic E-state index is -0.910. The molecule has 6 heteroatoms. The maximum Gasteiger partial charge on any atom is 0.127 e. The molecule has 0 bridgehead atoms. The van der Waals surface area contributed by atoms with Gasteiger partial charge in [0, 0.05) is 63.2 Å². The summed E-state index contributed by atoms with van der Waals surface area (Å²) in [6.07, 6.45) is 3.93. The number of rotatable bonds is 28. The lowest BCUT2D eigenvalue weighted by Crippen LogP contribution is -2.26. The van der Waals surface area contributed by atoms with Crippen molar-refractivity contribution in [3.63, 3.8) is 0 Å². The van der Waals surface area contributed by atoms with Crippen LogP contribution in [0.1, 0.15) is 163 Å². The quantitative estimate of drug-likeness (QED) is 0.0476. The monoisotopic (exact) mass is 1150 g/mol. The fourth-order valence-electron chi connectivity index (χ4n) is 11.8. The number of ether oxygens (including phenoxy) is 4. The van der Waals surface area contributed by atoms with E-state index >= 15 is 0 Å². The van der Waals surface area contributed by atoms with Gasteiger partial charge in [0.15, 0.2) is 0 Å². The first-order valence-corrected chi connectivity index (χ1v) is 30.8. The van der Waals surface area contributed by atoms with Crippen molar-refractivity contribution in [2.75, 3.05) is 26.4 Å². The fraction of sp³-hybridized carbons (Fsp3) is 0.259. The second kappa shape index (κ2) is 29.6. The van der Waals surface area contributed by atoms with E-state index < -0.39 is 12.2 Å². The summed E-state index contributed by atoms with van der Waals surface area (Å²) in [5.41, 5.74) is 15.5. The van der Waals surface area contributed by atoms with E-state index in [1.807, 2.05) is 66.8 Å². The summed E-state index contributed by atoms with van der Waals surface area (Å²) in [4.78, 5) is 0. The lowest BCUT2D eigenvalue weighted by molar-refractivity contribution is 0.0618. The zero-order valence-electron chi connectivity index (χ0n) is 52.0. The van der Waals surface area contributed by atoms with Crippen molar-refractivity contribution in [1.29, 1.82) is 0 Å². The Hall–Kier alpha value is -8.68. The Morgan fingerprint density at radius 1 is 0.379 bits per heavy atom. The van der Waals surface area contributed by atoms with Crippen LogP contribution < -0.4 is 18.9 Å². The topological polar surface area (TPSA) is 77.4 Å². The van der Waals surface area contributed by atoms with Gasteiger partial charge in [0.05, 0.1) is 0 Å². The van der Waals surface area contributed by atoms with Gasteiger partial charge in [-0.25, -0.2) is 0 Å². The molecule has 0 aliphatic carbocycles. The predicted octanol–water partition coefficient (Wildman–Crippen LogP) is 18.8. The van der Waals surface area contributed by atoms with Gasteiger partial charge in [0.2, 0.25) is 0 Å². The van der Waals surface area contributed by atoms with Crippen molar-refractivity contribution >= 4 is 0 Å². The van der Waals surface area contributed by atoms with Crippen molar-refractivity contribution in [2.45, 2.75) is 109 Å². The van der Waals surface area contributed by atoms with E-state index in [0.717, 1.165) is 56.0 Å². The third-order valence-electron chi connectivity index (χ3n) is 17.6. The number of hydrogen-bond donors (Lipinski definition) is 2. The van der Waals surface area contributed by atoms with E-state index in [1.165, 1.54) is 33.4 Å². The molecular weight excluding hydrogens is 1070 g/mol. The molecule has 2 N–H and O–H groups in total. The average Bonchev–Trinajstić information content (AvgIpc) is 2.95. The molecule has 0 radical (unpaired) electrons. The Morgan fingerprint density at radius 3 is 0.966 bits per heavy atom. The van der Waals surface area contributed by atoms with Crippen molar-refractivity contribution in [3.8, 4) is 23.0 Å². The van der Waals surface area contributed by atoms with Crippen LogP contribution in [0.3, 0.4) is 0 Å². The summed E-state index contributed by atoms with van der Waals surface area (Å²) in [6, 6.07) is 78.0. The molecule has 9 rings (SSSR count). The summed E-state index contributed by atoms with van der Waals surface area (Å²) < 4.78 is 26.1. The van der Waals surface area contributed by atoms with Crippen LogP contribution in [-0.4, -0.2) is 48.8 Å². The molecule has 9 aromatic carbocycles. The summed E-state index contributed by atoms with van der Waals surface area (Å²) >= 11 is 0. The molecule has 0 heterocycles. The highest BCUT2D eigenvalue weighted by atomic mass is 16.5. The van der Waals surface area contributed by atoms with E-state index in [-0.39, 0.29) is 67.3 Å². The Kier molecular flexibility index (Phi) is 21.4. The van der Waals surface area contributed by atoms with E-state index in [4.69, 9.17) is 18.9 Å². The summed E-state index contributed by atoms with van der Waals surface area (Å²) in [7, 11) is 0. The van der Waals surface area contributed by atoms with Gasteiger partial charge in [-0.05, 0) is 79.9 Å². The Labute approximate surface area is 518 Å². The van der Waals surface area contributed by atoms with Gasteiger partial charge >= 0.3 is 0 Å². The van der Waals surface area contributed by atoms with Crippen LogP contribution in [0.25, 0.3) is 0 Å². The van der Waals surface area contributed by atoms with Crippen LogP contribution in [0.4, 0.5) is 0 Å². The molecule has 9 aromatic rings. The highest BCUT2D eigenvalue weighted by molar-refractivity contribution is 5.57. The maximum atomic E-state index is 11.6. The third kappa shape index (κ3) is 15.5. The van der Waals surface area contributed by atoms with Gasteiger partial charge in [-0.15, -0.1) is 0 Å². The number of hydrogen-bond acceptors (Lipinski definition) is 6. The van der Waals surface area contributed by atoms with Crippen LogP contribution in [0.5, 0.6) is 23.0 Å². The first kappa shape index (κ1) is 62.8. The maximum absolute atomic E-state index is 11.6. The van der Waals surface area contributed by atoms with Crippen molar-refractivity contribution in [1.82, 2.24) is 0 Å². The highest BCUT2D eigenvalue weighted by Gasteiger charge is 2.29. The van der Waals surface area contributed by atoms with E-state index in [9.17, 15) is 10.2 Å². The van der Waals surface area contributed by atoms with Crippen LogP contribution >= 0.6 is 0 Å². The molecule has 0 fully saturated rings. The molecule has 0 saturated carbocycles. The molecule has 8 unspecified atom stereocenters. The number of allylic oxidation sites excluding steroid dienone is 4. The molecule has 0 amide bonds. The van der Waals surface area contributed by atoms with Gasteiger partial charge < -0.3 is 29.2 Å². The molecule has 446 valence electrons. The number of aliphatic hydroxyl groups is 2. The molecule has 0 aliphatic heterocycles. The van der Waals surface area contributed by atoms with Gasteiger partial charge in [-0.3, -0.25) is 0 Å². The second-order valence-electron chi connectivity index (χ2n) is 23.8. The highest BCUT2D eigenvalue weighted by Crippen LogP contribution is 2.45. The molecule has 0 aliphatic rings. The SMILES string of the molecule is C=C/C=C(\C=C)C(C)c1cc(C(C)c2ccccc2)c(OCC(O)COc2ccc(C(C)(C)c3ccc(OCC(O)COc4c(C(C)c5ccccc5)cc(C(C)c5ccccc5)cc4C(C)c4ccccc4)cc3)cc2)c(C(C)c2ccccc2)c1. The summed E-state index contributed by atoms with van der Waals surface area (Å²) in [5.74, 6) is 3.12. The minimum absolute atomic E-state index is 0.00296. The zero-order chi connectivity index (χ0) is 61.5. The summed E-state index contributed by atoms with van der Waals surface area (Å²) in [6.45, 7) is 26.1. The van der Waals surface area contributed by atoms with Crippen LogP contribution in [0, 0.1) is 0 Å². The Bertz CT molecular complexity index is 3520. The second-order valence-corrected chi connectivity index (χ2v) is 23.8. The molecule has 0 aromatic heterocycles. The van der Waals surface area contributed by atoms with E-state index in [1.54, 1.807) is 0 Å². The van der Waals surface area contributed by atoms with Crippen molar-refractivity contribution in [2.24, 2.45) is 0 Å². The predicted molar refractivity (Wildman–Crippen MR) is 359 cm³/mol. The standard InChI is InChI=1S/C81H86O6/c1-11-28-61(12-2)55(3)67-47-75(57(5)63-31-20-14-21-32-63)79(76(48-67)58(6)64-33-22-15-23-34-64)86-53-71(82)51-84-73-43-39-69(40-44-73)81(9,10)70-41-45-74(46-42-70)85-52-72(83)54-87-80-77(59(7)65-35-24-16-25-36-65)49-68(56(4)62-29-18-13-19-30-62)50-78(80)60(8)66-37-26-17-27-38-66/h11-50,55-60,71-72,82-83H,1-2,51-54H2,3-10H3/b61-28+. The lowest BCUT2D eigenvalue weighted by Gasteiger charge is -2.27. The van der Waals surface area contributed by atoms with Gasteiger partial charge in [-0.2, -0.15) is 0 Å². The summed E-state index contributed by atoms with van der Waals surface area (Å²) in [5, 5.41) is 23.1. The van der Waals surface area contributed by atoms with E-state index in [2.05, 4.69) is 244 Å². The van der Waals surface area contributed by atoms with Crippen LogP contribution in [0.15, 0.2) is 261 Å². The molecular formula is C81H86O6. The van der Waals surface area contributed by atoms with Gasteiger partial charge in [0.1, 0.15) is 61.6 Å². The normalized spacial score (nSPS) is 14.5. The molecule has 87 heavy (non-hydrogen) atoms. The Balaban J connectivity index is 0.853. The molecule has 8 atom stereocenters. The van der Waals surface area contributed by atoms with Crippen LogP contribution in [0.2, 0.25) is 0 Å². The van der Waals surface area contributed by atoms with Crippen LogP contribution in [-0.2, 0) is 5.41 Å².